The van der Waals surface area contributed by atoms with Gasteiger partial charge in [-0.2, -0.15) is 5.10 Å². The van der Waals surface area contributed by atoms with Gasteiger partial charge in [0.2, 0.25) is 6.79 Å². The molecule has 0 aromatic heterocycles. The quantitative estimate of drug-likeness (QED) is 0.509. The predicted molar refractivity (Wildman–Crippen MR) is 111 cm³/mol. The van der Waals surface area contributed by atoms with E-state index in [1.807, 2.05) is 72.8 Å². The first-order valence-electron chi connectivity index (χ1n) is 9.25. The van der Waals surface area contributed by atoms with Crippen molar-refractivity contribution in [2.75, 3.05) is 11.7 Å². The Hall–Kier alpha value is -3.93. The van der Waals surface area contributed by atoms with Crippen molar-refractivity contribution in [2.45, 2.75) is 6.54 Å². The van der Waals surface area contributed by atoms with Crippen LogP contribution in [0.2, 0.25) is 0 Å². The summed E-state index contributed by atoms with van der Waals surface area (Å²) in [6, 6.07) is 23.1. The fourth-order valence-corrected chi connectivity index (χ4v) is 3.43. The van der Waals surface area contributed by atoms with E-state index < -0.39 is 0 Å². The van der Waals surface area contributed by atoms with Crippen LogP contribution < -0.4 is 14.4 Å². The van der Waals surface area contributed by atoms with Gasteiger partial charge in [0.1, 0.15) is 0 Å². The number of fused-ring (bicyclic) bond motifs is 2. The number of hydrogen-bond acceptors (Lipinski definition) is 5. The number of amides is 1. The first kappa shape index (κ1) is 17.2. The van der Waals surface area contributed by atoms with Gasteiger partial charge in [-0.25, -0.2) is 0 Å². The maximum Gasteiger partial charge on any atom is 0.279 e. The second-order valence-corrected chi connectivity index (χ2v) is 6.70. The summed E-state index contributed by atoms with van der Waals surface area (Å²) >= 11 is 0. The van der Waals surface area contributed by atoms with Crippen molar-refractivity contribution in [1.82, 2.24) is 0 Å². The van der Waals surface area contributed by atoms with E-state index in [4.69, 9.17) is 9.47 Å². The number of nitrogens with zero attached hydrogens (tertiary/aromatic N) is 3. The number of rotatable bonds is 4. The van der Waals surface area contributed by atoms with Gasteiger partial charge in [0.25, 0.3) is 5.91 Å². The van der Waals surface area contributed by atoms with Crippen LogP contribution in [0.3, 0.4) is 0 Å². The molecule has 0 bridgehead atoms. The molecule has 6 heteroatoms. The van der Waals surface area contributed by atoms with Crippen LogP contribution in [0.15, 0.2) is 83.0 Å². The van der Waals surface area contributed by atoms with Gasteiger partial charge in [0.05, 0.1) is 18.4 Å². The molecular formula is C23H17N3O3. The molecule has 3 aromatic rings. The van der Waals surface area contributed by atoms with Gasteiger partial charge < -0.3 is 14.4 Å². The molecule has 0 radical (unpaired) electrons. The van der Waals surface area contributed by atoms with Crippen LogP contribution in [-0.4, -0.2) is 24.6 Å². The third-order valence-electron chi connectivity index (χ3n) is 4.84. The molecule has 0 saturated heterocycles. The number of carbonyl (C=O) groups is 1. The highest BCUT2D eigenvalue weighted by molar-refractivity contribution is 6.54. The van der Waals surface area contributed by atoms with E-state index in [1.54, 1.807) is 11.1 Å². The zero-order valence-electron chi connectivity index (χ0n) is 15.5. The second kappa shape index (κ2) is 7.24. The molecule has 3 aromatic carbocycles. The molecule has 2 heterocycles. The Morgan fingerprint density at radius 2 is 1.72 bits per heavy atom. The molecule has 2 aliphatic heterocycles. The van der Waals surface area contributed by atoms with Crippen molar-refractivity contribution >= 4 is 23.5 Å². The van der Waals surface area contributed by atoms with Crippen molar-refractivity contribution in [3.8, 4) is 11.5 Å². The minimum atomic E-state index is -0.155. The number of benzene rings is 3. The lowest BCUT2D eigenvalue weighted by atomic mass is 10.1. The molecule has 0 atom stereocenters. The Bertz CT molecular complexity index is 1140. The highest BCUT2D eigenvalue weighted by Gasteiger charge is 2.33. The van der Waals surface area contributed by atoms with Crippen molar-refractivity contribution in [1.29, 1.82) is 0 Å². The summed E-state index contributed by atoms with van der Waals surface area (Å²) < 4.78 is 10.7. The fourth-order valence-electron chi connectivity index (χ4n) is 3.43. The zero-order chi connectivity index (χ0) is 19.6. The summed E-state index contributed by atoms with van der Waals surface area (Å²) in [6.45, 7) is 0.711. The van der Waals surface area contributed by atoms with E-state index in [2.05, 4.69) is 10.2 Å². The molecular weight excluding hydrogens is 366 g/mol. The zero-order valence-corrected chi connectivity index (χ0v) is 15.5. The Morgan fingerprint density at radius 1 is 0.931 bits per heavy atom. The summed E-state index contributed by atoms with van der Waals surface area (Å²) in [5, 5.41) is 8.41. The number of ether oxygens (including phenoxy) is 2. The molecule has 0 fully saturated rings. The highest BCUT2D eigenvalue weighted by atomic mass is 16.7. The number of anilines is 1. The molecule has 0 N–H and O–H groups in total. The minimum Gasteiger partial charge on any atom is -0.454 e. The van der Waals surface area contributed by atoms with Crippen LogP contribution in [0, 0.1) is 0 Å². The van der Waals surface area contributed by atoms with E-state index in [1.165, 1.54) is 0 Å². The fraction of sp³-hybridized carbons (Fsp3) is 0.0870. The molecule has 2 aliphatic rings. The summed E-state index contributed by atoms with van der Waals surface area (Å²) in [6.07, 6.45) is 1.60. The minimum absolute atomic E-state index is 0.155. The van der Waals surface area contributed by atoms with Gasteiger partial charge in [0.15, 0.2) is 17.2 Å². The van der Waals surface area contributed by atoms with Gasteiger partial charge in [-0.3, -0.25) is 4.79 Å². The Balaban J connectivity index is 1.43. The van der Waals surface area contributed by atoms with Crippen molar-refractivity contribution < 1.29 is 14.3 Å². The molecule has 0 aliphatic carbocycles. The van der Waals surface area contributed by atoms with E-state index in [0.29, 0.717) is 23.8 Å². The van der Waals surface area contributed by atoms with Crippen LogP contribution in [0.4, 0.5) is 5.69 Å². The maximum atomic E-state index is 13.0. The molecule has 6 nitrogen and oxygen atoms in total. The lowest BCUT2D eigenvalue weighted by molar-refractivity contribution is -0.112. The normalized spacial score (nSPS) is 16.1. The van der Waals surface area contributed by atoms with E-state index in [9.17, 15) is 4.79 Å². The standard InChI is InChI=1S/C23H17N3O3/c27-23-22(25-24-13-17-10-11-20-21(12-17)29-15-28-20)18-8-4-5-9-19(18)26(23)14-16-6-2-1-3-7-16/h1-13H,14-15H2/b24-13-,25-22-. The Kier molecular flexibility index (Phi) is 4.29. The third kappa shape index (κ3) is 3.25. The molecule has 0 saturated carbocycles. The predicted octanol–water partition coefficient (Wildman–Crippen LogP) is 3.79. The Morgan fingerprint density at radius 3 is 2.62 bits per heavy atom. The Labute approximate surface area is 167 Å². The lowest BCUT2D eigenvalue weighted by Gasteiger charge is -2.16. The van der Waals surface area contributed by atoms with Gasteiger partial charge in [-0.05, 0) is 35.4 Å². The van der Waals surface area contributed by atoms with Crippen LogP contribution in [0.1, 0.15) is 16.7 Å². The number of hydrogen-bond donors (Lipinski definition) is 0. The molecule has 0 unspecified atom stereocenters. The monoisotopic (exact) mass is 383 g/mol. The van der Waals surface area contributed by atoms with Crippen LogP contribution >= 0.6 is 0 Å². The van der Waals surface area contributed by atoms with E-state index >= 15 is 0 Å². The van der Waals surface area contributed by atoms with Gasteiger partial charge in [-0.15, -0.1) is 5.10 Å². The largest absolute Gasteiger partial charge is 0.454 e. The van der Waals surface area contributed by atoms with Gasteiger partial charge in [0, 0.05) is 5.56 Å². The maximum absolute atomic E-state index is 13.0. The molecule has 0 spiro atoms. The van der Waals surface area contributed by atoms with Crippen LogP contribution in [-0.2, 0) is 11.3 Å². The number of carbonyl (C=O) groups excluding carboxylic acids is 1. The topological polar surface area (TPSA) is 63.5 Å². The highest BCUT2D eigenvalue weighted by Crippen LogP contribution is 2.32. The molecule has 1 amide bonds. The van der Waals surface area contributed by atoms with Crippen LogP contribution in [0.5, 0.6) is 11.5 Å². The average Bonchev–Trinajstić information content (AvgIpc) is 3.33. The van der Waals surface area contributed by atoms with Crippen molar-refractivity contribution in [2.24, 2.45) is 10.2 Å². The van der Waals surface area contributed by atoms with Crippen LogP contribution in [0.25, 0.3) is 0 Å². The summed E-state index contributed by atoms with van der Waals surface area (Å²) in [7, 11) is 0. The molecule has 5 rings (SSSR count). The third-order valence-corrected chi connectivity index (χ3v) is 4.84. The number of para-hydroxylation sites is 1. The van der Waals surface area contributed by atoms with E-state index in [0.717, 1.165) is 22.4 Å². The summed E-state index contributed by atoms with van der Waals surface area (Å²) in [4.78, 5) is 14.8. The van der Waals surface area contributed by atoms with Crippen molar-refractivity contribution in [3.63, 3.8) is 0 Å². The van der Waals surface area contributed by atoms with E-state index in [-0.39, 0.29) is 12.7 Å². The lowest BCUT2D eigenvalue weighted by Crippen LogP contribution is -2.29. The first-order chi connectivity index (χ1) is 14.3. The molecule has 29 heavy (non-hydrogen) atoms. The first-order valence-corrected chi connectivity index (χ1v) is 9.25. The smallest absolute Gasteiger partial charge is 0.279 e. The SMILES string of the molecule is O=C1/C(=N\N=C/c2ccc3c(c2)OCO3)c2ccccc2N1Cc1ccccc1. The second-order valence-electron chi connectivity index (χ2n) is 6.70. The van der Waals surface area contributed by atoms with Gasteiger partial charge in [-0.1, -0.05) is 48.5 Å². The summed E-state index contributed by atoms with van der Waals surface area (Å²) in [5.41, 5.74) is 3.85. The average molecular weight is 383 g/mol. The van der Waals surface area contributed by atoms with Gasteiger partial charge >= 0.3 is 0 Å². The van der Waals surface area contributed by atoms with Crippen molar-refractivity contribution in [3.05, 3.63) is 89.5 Å². The summed E-state index contributed by atoms with van der Waals surface area (Å²) in [5.74, 6) is 1.24. The molecule has 142 valence electrons.